The van der Waals surface area contributed by atoms with Crippen LogP contribution in [0.4, 0.5) is 5.13 Å². The van der Waals surface area contributed by atoms with E-state index in [1.165, 1.54) is 28.1 Å². The van der Waals surface area contributed by atoms with Gasteiger partial charge in [-0.05, 0) is 57.5 Å². The highest BCUT2D eigenvalue weighted by molar-refractivity contribution is 7.99. The molecule has 0 spiro atoms. The minimum atomic E-state index is -3.40. The summed E-state index contributed by atoms with van der Waals surface area (Å²) < 4.78 is 25.1. The van der Waals surface area contributed by atoms with Gasteiger partial charge in [-0.15, -0.1) is 11.8 Å². The van der Waals surface area contributed by atoms with Crippen LogP contribution < -0.4 is 4.90 Å². The number of hydrogen-bond donors (Lipinski definition) is 0. The zero-order valence-electron chi connectivity index (χ0n) is 18.9. The number of carbonyl (C=O) groups excluding carboxylic acids is 1. The molecule has 9 heteroatoms. The van der Waals surface area contributed by atoms with Crippen LogP contribution in [0.25, 0.3) is 10.2 Å². The molecule has 172 valence electrons. The van der Waals surface area contributed by atoms with Gasteiger partial charge in [-0.1, -0.05) is 35.1 Å². The summed E-state index contributed by atoms with van der Waals surface area (Å²) in [7, 11) is 0.514. The Morgan fingerprint density at radius 1 is 1.09 bits per heavy atom. The number of para-hydroxylation sites is 1. The van der Waals surface area contributed by atoms with Crippen molar-refractivity contribution >= 4 is 54.2 Å². The van der Waals surface area contributed by atoms with Gasteiger partial charge in [0.15, 0.2) is 15.0 Å². The summed E-state index contributed by atoms with van der Waals surface area (Å²) in [6.45, 7) is 3.26. The van der Waals surface area contributed by atoms with Gasteiger partial charge in [0.2, 0.25) is 5.91 Å². The van der Waals surface area contributed by atoms with Crippen LogP contribution in [0.2, 0.25) is 0 Å². The number of benzene rings is 2. The fourth-order valence-corrected chi connectivity index (χ4v) is 5.92. The Bertz CT molecular complexity index is 1170. The number of nitrogens with zero attached hydrogens (tertiary/aromatic N) is 3. The van der Waals surface area contributed by atoms with Crippen molar-refractivity contribution < 1.29 is 13.2 Å². The first kappa shape index (κ1) is 24.7. The lowest BCUT2D eigenvalue weighted by Crippen LogP contribution is -2.36. The number of aromatic nitrogens is 1. The topological polar surface area (TPSA) is 70.6 Å². The van der Waals surface area contributed by atoms with E-state index >= 15 is 0 Å². The zero-order valence-corrected chi connectivity index (χ0v) is 21.3. The molecule has 0 aliphatic heterocycles. The highest BCUT2D eigenvalue weighted by Crippen LogP contribution is 2.33. The number of aryl methyl sites for hydroxylation is 1. The van der Waals surface area contributed by atoms with Gasteiger partial charge in [0, 0.05) is 30.7 Å². The van der Waals surface area contributed by atoms with Crippen molar-refractivity contribution in [1.82, 2.24) is 9.88 Å². The fraction of sp³-hybridized carbons (Fsp3) is 0.391. The largest absolute Gasteiger partial charge is 0.308 e. The number of sulfone groups is 1. The number of fused-ring (bicyclic) bond motifs is 1. The molecule has 2 aromatic carbocycles. The molecular weight excluding hydrogens is 462 g/mol. The van der Waals surface area contributed by atoms with E-state index in [4.69, 9.17) is 0 Å². The molecule has 0 saturated heterocycles. The summed E-state index contributed by atoms with van der Waals surface area (Å²) in [6.07, 6.45) is 2.36. The molecule has 0 aliphatic rings. The number of hydrogen-bond acceptors (Lipinski definition) is 7. The number of anilines is 1. The van der Waals surface area contributed by atoms with Gasteiger partial charge in [-0.25, -0.2) is 13.4 Å². The lowest BCUT2D eigenvalue weighted by atomic mass is 10.2. The maximum atomic E-state index is 13.1. The highest BCUT2D eigenvalue weighted by Gasteiger charge is 2.22. The van der Waals surface area contributed by atoms with Crippen molar-refractivity contribution in [2.75, 3.05) is 44.1 Å². The lowest BCUT2D eigenvalue weighted by molar-refractivity contribution is -0.118. The molecule has 6 nitrogen and oxygen atoms in total. The SMILES string of the molecule is Cc1ccc(SCCCC(=O)N(CCN(C)C)c2nc3c(S(C)(=O)=O)cccc3s2)cc1. The van der Waals surface area contributed by atoms with Gasteiger partial charge < -0.3 is 4.90 Å². The summed E-state index contributed by atoms with van der Waals surface area (Å²) in [4.78, 5) is 22.8. The molecular formula is C23H29N3O3S3. The van der Waals surface area contributed by atoms with Crippen molar-refractivity contribution in [3.8, 4) is 0 Å². The minimum Gasteiger partial charge on any atom is -0.308 e. The average Bonchev–Trinajstić information content (AvgIpc) is 3.15. The third kappa shape index (κ3) is 6.54. The number of carbonyl (C=O) groups is 1. The number of likely N-dealkylation sites (N-methyl/N-ethyl adjacent to an activating group) is 1. The van der Waals surface area contributed by atoms with Crippen molar-refractivity contribution in [2.24, 2.45) is 0 Å². The number of thiazole rings is 1. The second-order valence-corrected chi connectivity index (χ2v) is 12.1. The van der Waals surface area contributed by atoms with E-state index in [1.807, 2.05) is 25.1 Å². The maximum absolute atomic E-state index is 13.1. The highest BCUT2D eigenvalue weighted by atomic mass is 32.2. The monoisotopic (exact) mass is 491 g/mol. The Kier molecular flexibility index (Phi) is 8.32. The maximum Gasteiger partial charge on any atom is 0.228 e. The van der Waals surface area contributed by atoms with Crippen LogP contribution in [0.15, 0.2) is 52.3 Å². The third-order valence-electron chi connectivity index (χ3n) is 4.90. The summed E-state index contributed by atoms with van der Waals surface area (Å²) >= 11 is 3.11. The molecule has 0 N–H and O–H groups in total. The van der Waals surface area contributed by atoms with Crippen LogP contribution in [0.3, 0.4) is 0 Å². The van der Waals surface area contributed by atoms with Gasteiger partial charge in [0.05, 0.1) is 9.60 Å². The predicted molar refractivity (Wildman–Crippen MR) is 135 cm³/mol. The molecule has 0 bridgehead atoms. The van der Waals surface area contributed by atoms with Crippen molar-refractivity contribution in [1.29, 1.82) is 0 Å². The van der Waals surface area contributed by atoms with Crippen LogP contribution in [0, 0.1) is 6.92 Å². The van der Waals surface area contributed by atoms with Crippen LogP contribution in [-0.2, 0) is 14.6 Å². The molecule has 0 atom stereocenters. The summed E-state index contributed by atoms with van der Waals surface area (Å²) in [5.41, 5.74) is 1.67. The molecule has 32 heavy (non-hydrogen) atoms. The van der Waals surface area contributed by atoms with Crippen LogP contribution in [-0.4, -0.2) is 63.4 Å². The Balaban J connectivity index is 1.74. The number of thioether (sulfide) groups is 1. The quantitative estimate of drug-likeness (QED) is 0.308. The Labute approximate surface area is 198 Å². The first-order chi connectivity index (χ1) is 15.1. The molecule has 0 fully saturated rings. The first-order valence-corrected chi connectivity index (χ1v) is 14.1. The summed E-state index contributed by atoms with van der Waals surface area (Å²) in [5, 5.41) is 0.550. The Morgan fingerprint density at radius 2 is 1.81 bits per heavy atom. The third-order valence-corrected chi connectivity index (χ3v) is 8.17. The molecule has 0 saturated carbocycles. The van der Waals surface area contributed by atoms with E-state index in [-0.39, 0.29) is 10.8 Å². The molecule has 1 heterocycles. The van der Waals surface area contributed by atoms with E-state index in [2.05, 4.69) is 36.2 Å². The second-order valence-electron chi connectivity index (χ2n) is 7.99. The zero-order chi connectivity index (χ0) is 23.3. The average molecular weight is 492 g/mol. The lowest BCUT2D eigenvalue weighted by Gasteiger charge is -2.22. The van der Waals surface area contributed by atoms with Crippen LogP contribution in [0.5, 0.6) is 0 Å². The molecule has 0 aliphatic carbocycles. The second kappa shape index (κ2) is 10.8. The van der Waals surface area contributed by atoms with Gasteiger partial charge in [-0.2, -0.15) is 0 Å². The van der Waals surface area contributed by atoms with E-state index in [1.54, 1.807) is 28.8 Å². The Hall–Kier alpha value is -1.94. The first-order valence-electron chi connectivity index (χ1n) is 10.4. The van der Waals surface area contributed by atoms with E-state index in [0.717, 1.165) is 16.9 Å². The fourth-order valence-electron chi connectivity index (χ4n) is 3.14. The van der Waals surface area contributed by atoms with Crippen molar-refractivity contribution in [3.05, 3.63) is 48.0 Å². The van der Waals surface area contributed by atoms with E-state index in [9.17, 15) is 13.2 Å². The number of rotatable bonds is 10. The molecule has 1 amide bonds. The number of amides is 1. The van der Waals surface area contributed by atoms with Gasteiger partial charge in [-0.3, -0.25) is 9.69 Å². The Morgan fingerprint density at radius 3 is 2.47 bits per heavy atom. The van der Waals surface area contributed by atoms with E-state index < -0.39 is 9.84 Å². The van der Waals surface area contributed by atoms with Gasteiger partial charge >= 0.3 is 0 Å². The van der Waals surface area contributed by atoms with E-state index in [0.29, 0.717) is 30.2 Å². The van der Waals surface area contributed by atoms with Crippen LogP contribution in [0.1, 0.15) is 18.4 Å². The molecule has 3 rings (SSSR count). The molecule has 0 unspecified atom stereocenters. The molecule has 3 aromatic rings. The van der Waals surface area contributed by atoms with Crippen molar-refractivity contribution in [3.63, 3.8) is 0 Å². The van der Waals surface area contributed by atoms with Gasteiger partial charge in [0.25, 0.3) is 0 Å². The van der Waals surface area contributed by atoms with Gasteiger partial charge in [0.1, 0.15) is 5.52 Å². The van der Waals surface area contributed by atoms with Crippen LogP contribution >= 0.6 is 23.1 Å². The normalized spacial score (nSPS) is 11.9. The predicted octanol–water partition coefficient (Wildman–Crippen LogP) is 4.48. The smallest absolute Gasteiger partial charge is 0.228 e. The summed E-state index contributed by atoms with van der Waals surface area (Å²) in [6, 6.07) is 13.5. The van der Waals surface area contributed by atoms with Crippen molar-refractivity contribution in [2.45, 2.75) is 29.6 Å². The standard InChI is InChI=1S/C23H29N3O3S3/c1-17-10-12-18(13-11-17)30-16-6-9-21(27)26(15-14-25(2)3)23-24-22-19(31-23)7-5-8-20(22)32(4,28)29/h5,7-8,10-13H,6,9,14-16H2,1-4H3. The summed E-state index contributed by atoms with van der Waals surface area (Å²) in [5.74, 6) is 0.866. The minimum absolute atomic E-state index is 0.0105. The molecule has 0 radical (unpaired) electrons. The molecule has 1 aromatic heterocycles.